The first-order valence-corrected chi connectivity index (χ1v) is 8.92. The van der Waals surface area contributed by atoms with Gasteiger partial charge in [-0.1, -0.05) is 26.0 Å². The highest BCUT2D eigenvalue weighted by molar-refractivity contribution is 5.93. The number of ether oxygens (including phenoxy) is 3. The fourth-order valence-electron chi connectivity index (χ4n) is 3.64. The Morgan fingerprint density at radius 1 is 1.23 bits per heavy atom. The fourth-order valence-corrected chi connectivity index (χ4v) is 3.64. The highest BCUT2D eigenvalue weighted by atomic mass is 16.6. The van der Waals surface area contributed by atoms with Crippen molar-refractivity contribution in [1.29, 1.82) is 0 Å². The third-order valence-corrected chi connectivity index (χ3v) is 4.82. The predicted octanol–water partition coefficient (Wildman–Crippen LogP) is 2.63. The molecule has 1 aliphatic carbocycles. The molecule has 1 fully saturated rings. The first kappa shape index (κ1) is 18.4. The van der Waals surface area contributed by atoms with E-state index in [1.54, 1.807) is 6.08 Å². The number of hydrogen-bond donors (Lipinski definition) is 0. The van der Waals surface area contributed by atoms with Crippen LogP contribution in [0.5, 0.6) is 0 Å². The van der Waals surface area contributed by atoms with E-state index >= 15 is 0 Å². The van der Waals surface area contributed by atoms with Crippen molar-refractivity contribution in [3.05, 3.63) is 35.5 Å². The van der Waals surface area contributed by atoms with Gasteiger partial charge in [0.25, 0.3) is 0 Å². The number of hydrogen-bond acceptors (Lipinski definition) is 6. The van der Waals surface area contributed by atoms with E-state index in [1.807, 2.05) is 26.8 Å². The molecule has 3 aliphatic rings. The molecule has 4 atom stereocenters. The number of fused-ring (bicyclic) bond motifs is 2. The summed E-state index contributed by atoms with van der Waals surface area (Å²) in [6, 6.07) is 0. The van der Waals surface area contributed by atoms with Crippen molar-refractivity contribution in [3.8, 4) is 0 Å². The van der Waals surface area contributed by atoms with Gasteiger partial charge in [-0.15, -0.1) is 0 Å². The van der Waals surface area contributed by atoms with Gasteiger partial charge in [-0.25, -0.2) is 9.59 Å². The van der Waals surface area contributed by atoms with E-state index in [0.717, 1.165) is 5.57 Å². The fraction of sp³-hybridized carbons (Fsp3) is 0.550. The highest BCUT2D eigenvalue weighted by Gasteiger charge is 2.46. The average Bonchev–Trinajstić information content (AvgIpc) is 2.97. The predicted molar refractivity (Wildman–Crippen MR) is 92.8 cm³/mol. The molecule has 0 aromatic carbocycles. The minimum Gasteiger partial charge on any atom is -0.458 e. The molecule has 0 radical (unpaired) electrons. The minimum absolute atomic E-state index is 0.166. The van der Waals surface area contributed by atoms with Gasteiger partial charge in [-0.3, -0.25) is 4.79 Å². The molecule has 0 aromatic rings. The molecule has 3 rings (SSSR count). The molecule has 6 heteroatoms. The quantitative estimate of drug-likeness (QED) is 0.333. The van der Waals surface area contributed by atoms with Crippen molar-refractivity contribution >= 4 is 17.9 Å². The lowest BCUT2D eigenvalue weighted by atomic mass is 9.85. The number of rotatable bonds is 3. The molecule has 2 heterocycles. The zero-order valence-electron chi connectivity index (χ0n) is 15.3. The Morgan fingerprint density at radius 3 is 2.65 bits per heavy atom. The molecule has 2 aliphatic heterocycles. The van der Waals surface area contributed by atoms with Crippen LogP contribution in [0.2, 0.25) is 0 Å². The van der Waals surface area contributed by atoms with Crippen LogP contribution < -0.4 is 0 Å². The first-order chi connectivity index (χ1) is 12.2. The van der Waals surface area contributed by atoms with Crippen LogP contribution >= 0.6 is 0 Å². The van der Waals surface area contributed by atoms with Gasteiger partial charge >= 0.3 is 17.9 Å². The van der Waals surface area contributed by atoms with Crippen LogP contribution in [-0.4, -0.2) is 36.2 Å². The van der Waals surface area contributed by atoms with Gasteiger partial charge in [0.05, 0.1) is 5.92 Å². The molecule has 2 bridgehead atoms. The molecule has 0 aromatic heterocycles. The summed E-state index contributed by atoms with van der Waals surface area (Å²) in [6.45, 7) is 9.60. The van der Waals surface area contributed by atoms with E-state index in [9.17, 15) is 14.4 Å². The van der Waals surface area contributed by atoms with Crippen LogP contribution in [0.3, 0.4) is 0 Å². The Labute approximate surface area is 152 Å². The first-order valence-electron chi connectivity index (χ1n) is 8.92. The van der Waals surface area contributed by atoms with Gasteiger partial charge in [-0.05, 0) is 25.0 Å². The Morgan fingerprint density at radius 2 is 1.96 bits per heavy atom. The van der Waals surface area contributed by atoms with Gasteiger partial charge in [0.15, 0.2) is 0 Å². The summed E-state index contributed by atoms with van der Waals surface area (Å²) in [7, 11) is 0. The highest BCUT2D eigenvalue weighted by Crippen LogP contribution is 2.38. The second-order valence-electron chi connectivity index (χ2n) is 7.60. The third-order valence-electron chi connectivity index (χ3n) is 4.82. The van der Waals surface area contributed by atoms with Crippen LogP contribution in [-0.2, 0) is 28.6 Å². The molecule has 6 nitrogen and oxygen atoms in total. The van der Waals surface area contributed by atoms with E-state index in [2.05, 4.69) is 6.58 Å². The van der Waals surface area contributed by atoms with Crippen LogP contribution in [0.25, 0.3) is 0 Å². The van der Waals surface area contributed by atoms with Crippen LogP contribution in [0.1, 0.15) is 40.0 Å². The third kappa shape index (κ3) is 3.74. The lowest BCUT2D eigenvalue weighted by Crippen LogP contribution is -2.33. The van der Waals surface area contributed by atoms with E-state index in [1.165, 1.54) is 0 Å². The molecule has 0 spiro atoms. The number of carbonyl (C=O) groups is 3. The molecule has 26 heavy (non-hydrogen) atoms. The van der Waals surface area contributed by atoms with Gasteiger partial charge in [-0.2, -0.15) is 0 Å². The minimum atomic E-state index is -0.654. The molecule has 0 saturated carbocycles. The van der Waals surface area contributed by atoms with Crippen molar-refractivity contribution in [2.75, 3.05) is 0 Å². The second kappa shape index (κ2) is 7.09. The van der Waals surface area contributed by atoms with Gasteiger partial charge in [0.2, 0.25) is 0 Å². The zero-order valence-corrected chi connectivity index (χ0v) is 15.3. The second-order valence-corrected chi connectivity index (χ2v) is 7.60. The topological polar surface area (TPSA) is 78.9 Å². The summed E-state index contributed by atoms with van der Waals surface area (Å²) in [5.74, 6) is -1.57. The normalized spacial score (nSPS) is 33.0. The maximum absolute atomic E-state index is 12.3. The maximum atomic E-state index is 12.3. The van der Waals surface area contributed by atoms with E-state index in [4.69, 9.17) is 14.2 Å². The van der Waals surface area contributed by atoms with Crippen LogP contribution in [0.4, 0.5) is 0 Å². The molecule has 0 amide bonds. The monoisotopic (exact) mass is 360 g/mol. The zero-order chi connectivity index (χ0) is 19.0. The van der Waals surface area contributed by atoms with E-state index < -0.39 is 24.1 Å². The number of esters is 3. The summed E-state index contributed by atoms with van der Waals surface area (Å²) in [5, 5.41) is 0. The van der Waals surface area contributed by atoms with Crippen LogP contribution in [0, 0.1) is 11.8 Å². The SMILES string of the molecule is C=C1C(=O)OC2CC3=C[C@@H](C/C(C)=C/C(OC(=O)CC(C)C)[C@H]12)OC3=O. The van der Waals surface area contributed by atoms with Crippen molar-refractivity contribution < 1.29 is 28.6 Å². The van der Waals surface area contributed by atoms with Crippen molar-refractivity contribution in [1.82, 2.24) is 0 Å². The maximum Gasteiger partial charge on any atom is 0.334 e. The molecule has 2 unspecified atom stereocenters. The largest absolute Gasteiger partial charge is 0.458 e. The summed E-state index contributed by atoms with van der Waals surface area (Å²) in [4.78, 5) is 36.4. The Balaban J connectivity index is 1.93. The Hall–Kier alpha value is -2.37. The molecule has 140 valence electrons. The van der Waals surface area contributed by atoms with E-state index in [-0.39, 0.29) is 42.4 Å². The summed E-state index contributed by atoms with van der Waals surface area (Å²) >= 11 is 0. The molecular weight excluding hydrogens is 336 g/mol. The van der Waals surface area contributed by atoms with Crippen molar-refractivity contribution in [3.63, 3.8) is 0 Å². The molecule has 1 saturated heterocycles. The summed E-state index contributed by atoms with van der Waals surface area (Å²) in [6.07, 6.45) is 3.06. The summed E-state index contributed by atoms with van der Waals surface area (Å²) < 4.78 is 16.5. The lowest BCUT2D eigenvalue weighted by Gasteiger charge is -2.26. The standard InChI is InChI=1S/C20H24O6/c1-10(2)5-17(21)25-15-7-11(3)6-14-8-13(20(23)24-14)9-16-18(15)12(4)19(22)26-16/h7-8,10,14-16,18H,4-6,9H2,1-3H3/b11-7+/t14-,15?,16?,18+/m1/s1. The lowest BCUT2D eigenvalue weighted by molar-refractivity contribution is -0.151. The Bertz CT molecular complexity index is 714. The van der Waals surface area contributed by atoms with Crippen LogP contribution in [0.15, 0.2) is 35.5 Å². The molecular formula is C20H24O6. The average molecular weight is 360 g/mol. The van der Waals surface area contributed by atoms with Crippen molar-refractivity contribution in [2.24, 2.45) is 11.8 Å². The van der Waals surface area contributed by atoms with Crippen molar-refractivity contribution in [2.45, 2.75) is 58.3 Å². The summed E-state index contributed by atoms with van der Waals surface area (Å²) in [5.41, 5.74) is 1.68. The number of carbonyl (C=O) groups excluding carboxylic acids is 3. The van der Waals surface area contributed by atoms with Gasteiger partial charge in [0.1, 0.15) is 18.3 Å². The van der Waals surface area contributed by atoms with Gasteiger partial charge in [0, 0.05) is 30.4 Å². The van der Waals surface area contributed by atoms with Gasteiger partial charge < -0.3 is 14.2 Å². The van der Waals surface area contributed by atoms with E-state index in [0.29, 0.717) is 12.0 Å². The smallest absolute Gasteiger partial charge is 0.334 e. The Kier molecular flexibility index (Phi) is 5.03. The molecule has 0 N–H and O–H groups in total.